The fourth-order valence-corrected chi connectivity index (χ4v) is 2.11. The lowest BCUT2D eigenvalue weighted by atomic mass is 10.2. The summed E-state index contributed by atoms with van der Waals surface area (Å²) in [4.78, 5) is 11.2. The Morgan fingerprint density at radius 1 is 1.47 bits per heavy atom. The Balaban J connectivity index is 2.83. The summed E-state index contributed by atoms with van der Waals surface area (Å²) in [5.41, 5.74) is 6.32. The number of ether oxygens (including phenoxy) is 1. The van der Waals surface area contributed by atoms with Crippen molar-refractivity contribution in [3.05, 3.63) is 28.2 Å². The molecule has 1 amide bonds. The molecule has 1 rings (SSSR count). The summed E-state index contributed by atoms with van der Waals surface area (Å²) >= 11 is 3.44. The predicted molar refractivity (Wildman–Crippen MR) is 80.0 cm³/mol. The number of hydrogen-bond donors (Lipinski definition) is 2. The minimum atomic E-state index is -0.578. The van der Waals surface area contributed by atoms with Gasteiger partial charge < -0.3 is 15.8 Å². The van der Waals surface area contributed by atoms with E-state index in [1.54, 1.807) is 0 Å². The van der Waals surface area contributed by atoms with E-state index in [0.29, 0.717) is 18.7 Å². The molecule has 0 aliphatic heterocycles. The largest absolute Gasteiger partial charge is 0.480 e. The maximum Gasteiger partial charge on any atom is 0.258 e. The minimum absolute atomic E-state index is 0.433. The van der Waals surface area contributed by atoms with Crippen molar-refractivity contribution >= 4 is 21.8 Å². The molecule has 0 aliphatic carbocycles. The third-order valence-electron chi connectivity index (χ3n) is 2.72. The lowest BCUT2D eigenvalue weighted by Gasteiger charge is -2.17. The molecule has 0 saturated heterocycles. The van der Waals surface area contributed by atoms with Crippen molar-refractivity contribution in [3.63, 3.8) is 0 Å². The molecule has 0 saturated carbocycles. The highest BCUT2D eigenvalue weighted by Crippen LogP contribution is 2.24. The minimum Gasteiger partial charge on any atom is -0.480 e. The zero-order chi connectivity index (χ0) is 14.3. The first kappa shape index (κ1) is 16.0. The van der Waals surface area contributed by atoms with Crippen LogP contribution in [0.25, 0.3) is 0 Å². The van der Waals surface area contributed by atoms with Gasteiger partial charge in [0.2, 0.25) is 0 Å². The number of benzene rings is 1. The molecule has 0 radical (unpaired) electrons. The number of nitrogens with one attached hydrogen (secondary N) is 1. The molecule has 5 heteroatoms. The molecule has 0 spiro atoms. The van der Waals surface area contributed by atoms with E-state index in [0.717, 1.165) is 23.0 Å². The second-order valence-corrected chi connectivity index (χ2v) is 5.26. The van der Waals surface area contributed by atoms with Crippen molar-refractivity contribution in [1.82, 2.24) is 5.32 Å². The van der Waals surface area contributed by atoms with Crippen LogP contribution in [0.3, 0.4) is 0 Å². The molecule has 0 heterocycles. The Bertz CT molecular complexity index is 424. The summed E-state index contributed by atoms with van der Waals surface area (Å²) in [5.74, 6) is 0.273. The van der Waals surface area contributed by atoms with Crippen LogP contribution in [0.2, 0.25) is 0 Å². The van der Waals surface area contributed by atoms with Crippen LogP contribution in [0.15, 0.2) is 22.7 Å². The first-order chi connectivity index (χ1) is 9.08. The third-order valence-corrected chi connectivity index (χ3v) is 3.22. The molecule has 1 atom stereocenters. The van der Waals surface area contributed by atoms with E-state index >= 15 is 0 Å². The third kappa shape index (κ3) is 5.20. The Kier molecular flexibility index (Phi) is 6.87. The van der Waals surface area contributed by atoms with Crippen molar-refractivity contribution in [1.29, 1.82) is 0 Å². The van der Waals surface area contributed by atoms with Gasteiger partial charge in [0, 0.05) is 16.6 Å². The fraction of sp³-hybridized carbons (Fsp3) is 0.500. The van der Waals surface area contributed by atoms with Crippen molar-refractivity contribution in [2.75, 3.05) is 6.54 Å². The van der Waals surface area contributed by atoms with Gasteiger partial charge in [0.1, 0.15) is 5.75 Å². The van der Waals surface area contributed by atoms with Crippen LogP contribution in [0, 0.1) is 0 Å². The Morgan fingerprint density at radius 2 is 2.21 bits per heavy atom. The van der Waals surface area contributed by atoms with Gasteiger partial charge in [0.15, 0.2) is 6.10 Å². The van der Waals surface area contributed by atoms with Crippen LogP contribution < -0.4 is 15.8 Å². The number of amides is 1. The fourth-order valence-electron chi connectivity index (χ4n) is 1.70. The van der Waals surface area contributed by atoms with E-state index in [-0.39, 0.29) is 0 Å². The Hall–Kier alpha value is -1.07. The number of nitrogens with two attached hydrogens (primary N) is 1. The highest BCUT2D eigenvalue weighted by atomic mass is 79.9. The van der Waals surface area contributed by atoms with Gasteiger partial charge in [-0.3, -0.25) is 4.79 Å². The smallest absolute Gasteiger partial charge is 0.258 e. The highest BCUT2D eigenvalue weighted by Gasteiger charge is 2.16. The number of halogens is 1. The molecule has 3 N–H and O–H groups in total. The number of rotatable bonds is 8. The van der Waals surface area contributed by atoms with Crippen molar-refractivity contribution in [3.8, 4) is 5.75 Å². The van der Waals surface area contributed by atoms with Crippen LogP contribution in [-0.2, 0) is 11.3 Å². The zero-order valence-corrected chi connectivity index (χ0v) is 13.0. The van der Waals surface area contributed by atoms with Gasteiger partial charge in [-0.05, 0) is 37.6 Å². The molecular weight excluding hydrogens is 308 g/mol. The molecule has 4 nitrogen and oxygen atoms in total. The van der Waals surface area contributed by atoms with Gasteiger partial charge in [-0.15, -0.1) is 0 Å². The number of carbonyl (C=O) groups is 1. The quantitative estimate of drug-likeness (QED) is 0.721. The molecular formula is C14H21BrN2O2. The summed E-state index contributed by atoms with van der Waals surface area (Å²) in [7, 11) is 0. The van der Waals surface area contributed by atoms with Crippen molar-refractivity contribution in [2.45, 2.75) is 39.3 Å². The summed E-state index contributed by atoms with van der Waals surface area (Å²) in [5, 5.41) is 3.32. The maximum atomic E-state index is 11.2. The molecule has 1 aromatic carbocycles. The molecule has 1 unspecified atom stereocenters. The van der Waals surface area contributed by atoms with Crippen LogP contribution in [0.1, 0.15) is 32.3 Å². The number of hydrogen-bond acceptors (Lipinski definition) is 3. The van der Waals surface area contributed by atoms with Gasteiger partial charge >= 0.3 is 0 Å². The lowest BCUT2D eigenvalue weighted by Crippen LogP contribution is -2.33. The molecule has 0 aliphatic rings. The van der Waals surface area contributed by atoms with Crippen LogP contribution in [0.5, 0.6) is 5.75 Å². The van der Waals surface area contributed by atoms with E-state index in [1.807, 2.05) is 25.1 Å². The summed E-state index contributed by atoms with van der Waals surface area (Å²) in [6, 6.07) is 5.75. The summed E-state index contributed by atoms with van der Waals surface area (Å²) in [6.07, 6.45) is 1.06. The first-order valence-electron chi connectivity index (χ1n) is 6.53. The van der Waals surface area contributed by atoms with E-state index in [9.17, 15) is 4.79 Å². The highest BCUT2D eigenvalue weighted by molar-refractivity contribution is 9.10. The van der Waals surface area contributed by atoms with E-state index < -0.39 is 12.0 Å². The second-order valence-electron chi connectivity index (χ2n) is 4.35. The van der Waals surface area contributed by atoms with E-state index in [4.69, 9.17) is 10.5 Å². The van der Waals surface area contributed by atoms with Crippen molar-refractivity contribution in [2.24, 2.45) is 5.73 Å². The van der Waals surface area contributed by atoms with Gasteiger partial charge in [-0.25, -0.2) is 0 Å². The Morgan fingerprint density at radius 3 is 2.79 bits per heavy atom. The molecule has 0 aromatic heterocycles. The second kappa shape index (κ2) is 8.17. The van der Waals surface area contributed by atoms with Gasteiger partial charge in [-0.2, -0.15) is 0 Å². The van der Waals surface area contributed by atoms with E-state index in [1.165, 1.54) is 0 Å². The average Bonchev–Trinajstić information content (AvgIpc) is 2.37. The summed E-state index contributed by atoms with van der Waals surface area (Å²) < 4.78 is 6.69. The molecule has 1 aromatic rings. The first-order valence-corrected chi connectivity index (χ1v) is 7.32. The van der Waals surface area contributed by atoms with Gasteiger partial charge in [0.05, 0.1) is 0 Å². The molecule has 0 fully saturated rings. The van der Waals surface area contributed by atoms with E-state index in [2.05, 4.69) is 28.2 Å². The lowest BCUT2D eigenvalue weighted by molar-refractivity contribution is -0.124. The Labute approximate surface area is 122 Å². The maximum absolute atomic E-state index is 11.2. The predicted octanol–water partition coefficient (Wildman–Crippen LogP) is 2.59. The van der Waals surface area contributed by atoms with Gasteiger partial charge in [0.25, 0.3) is 5.91 Å². The molecule has 106 valence electrons. The van der Waals surface area contributed by atoms with Crippen LogP contribution in [-0.4, -0.2) is 18.6 Å². The average molecular weight is 329 g/mol. The topological polar surface area (TPSA) is 64.3 Å². The van der Waals surface area contributed by atoms with Crippen LogP contribution >= 0.6 is 15.9 Å². The normalized spacial score (nSPS) is 12.2. The number of carbonyl (C=O) groups excluding carboxylic acids is 1. The standard InChI is InChI=1S/C14H21BrN2O2/c1-3-7-17-9-10-8-11(15)5-6-13(10)19-12(4-2)14(16)18/h5-6,8,12,17H,3-4,7,9H2,1-2H3,(H2,16,18). The van der Waals surface area contributed by atoms with Gasteiger partial charge in [-0.1, -0.05) is 29.8 Å². The molecule has 19 heavy (non-hydrogen) atoms. The summed E-state index contributed by atoms with van der Waals surface area (Å²) in [6.45, 7) is 5.64. The monoisotopic (exact) mass is 328 g/mol. The SMILES string of the molecule is CCCNCc1cc(Br)ccc1OC(CC)C(N)=O. The number of primary amides is 1. The van der Waals surface area contributed by atoms with Crippen molar-refractivity contribution < 1.29 is 9.53 Å². The zero-order valence-electron chi connectivity index (χ0n) is 11.4. The van der Waals surface area contributed by atoms with Crippen LogP contribution in [0.4, 0.5) is 0 Å². The molecule has 0 bridgehead atoms.